The van der Waals surface area contributed by atoms with E-state index in [-0.39, 0.29) is 29.8 Å². The van der Waals surface area contributed by atoms with E-state index in [1.807, 2.05) is 13.8 Å². The number of aliphatic hydroxyl groups is 1. The summed E-state index contributed by atoms with van der Waals surface area (Å²) >= 11 is 0. The van der Waals surface area contributed by atoms with Crippen LogP contribution in [0.1, 0.15) is 80.0 Å². The van der Waals surface area contributed by atoms with Crippen molar-refractivity contribution in [3.05, 3.63) is 61.8 Å². The molecule has 6 nitrogen and oxygen atoms in total. The number of hydrogen-bond donors (Lipinski definition) is 1. The molecule has 5 rings (SSSR count). The molecule has 2 aromatic rings. The Balaban J connectivity index is 1.78. The van der Waals surface area contributed by atoms with Gasteiger partial charge >= 0.3 is 5.97 Å². The largest absolute Gasteiger partial charge is 0.458 e. The number of hydrogen-bond acceptors (Lipinski definition) is 5. The predicted molar refractivity (Wildman–Crippen MR) is 123 cm³/mol. The van der Waals surface area contributed by atoms with Crippen LogP contribution in [0.5, 0.6) is 0 Å². The van der Waals surface area contributed by atoms with Gasteiger partial charge in [0.1, 0.15) is 12.4 Å². The summed E-state index contributed by atoms with van der Waals surface area (Å²) < 4.78 is 21.5. The molecule has 1 aliphatic carbocycles. The van der Waals surface area contributed by atoms with Crippen molar-refractivity contribution in [2.75, 3.05) is 0 Å². The maximum Gasteiger partial charge on any atom is 0.343 e. The molecule has 0 saturated carbocycles. The minimum Gasteiger partial charge on any atom is -0.458 e. The molecule has 1 N–H and O–H groups in total. The van der Waals surface area contributed by atoms with Crippen LogP contribution in [0.15, 0.2) is 21.9 Å². The molecule has 3 heterocycles. The molecule has 0 fully saturated rings. The van der Waals surface area contributed by atoms with E-state index in [0.717, 1.165) is 30.4 Å². The van der Waals surface area contributed by atoms with Gasteiger partial charge in [-0.1, -0.05) is 13.8 Å². The van der Waals surface area contributed by atoms with Crippen LogP contribution in [0.25, 0.3) is 0 Å². The predicted octanol–water partition coefficient (Wildman–Crippen LogP) is 4.09. The second-order valence-electron chi connectivity index (χ2n) is 9.77. The number of ether oxygens (including phenoxy) is 1. The fraction of sp³-hybridized carbons (Fsp3) is 0.500. The van der Waals surface area contributed by atoms with E-state index in [0.29, 0.717) is 46.7 Å². The van der Waals surface area contributed by atoms with Gasteiger partial charge < -0.3 is 14.4 Å². The lowest BCUT2D eigenvalue weighted by atomic mass is 9.65. The third-order valence-corrected chi connectivity index (χ3v) is 7.86. The molecule has 0 spiro atoms. The fourth-order valence-electron chi connectivity index (χ4n) is 5.97. The monoisotopic (exact) mass is 452 g/mol. The minimum absolute atomic E-state index is 0.0920. The zero-order valence-electron chi connectivity index (χ0n) is 19.5. The number of esters is 1. The number of rotatable bonds is 3. The van der Waals surface area contributed by atoms with Crippen LogP contribution < -0.4 is 5.56 Å². The van der Waals surface area contributed by atoms with Crippen LogP contribution in [-0.2, 0) is 40.1 Å². The summed E-state index contributed by atoms with van der Waals surface area (Å²) in [5, 5.41) is 11.1. The lowest BCUT2D eigenvalue weighted by Crippen LogP contribution is -2.45. The van der Waals surface area contributed by atoms with Gasteiger partial charge in [-0.2, -0.15) is 0 Å². The zero-order valence-corrected chi connectivity index (χ0v) is 19.5. The van der Waals surface area contributed by atoms with Gasteiger partial charge in [0.25, 0.3) is 5.56 Å². The van der Waals surface area contributed by atoms with Crippen molar-refractivity contribution in [1.82, 2.24) is 4.57 Å². The molecule has 0 radical (unpaired) electrons. The molecule has 1 aromatic carbocycles. The molecule has 1 unspecified atom stereocenters. The van der Waals surface area contributed by atoms with Crippen molar-refractivity contribution in [2.24, 2.45) is 4.99 Å². The number of fused-ring (bicyclic) bond motifs is 1. The molecular weight excluding hydrogens is 423 g/mol. The second kappa shape index (κ2) is 7.35. The van der Waals surface area contributed by atoms with Gasteiger partial charge in [-0.15, -0.1) is 0 Å². The lowest BCUT2D eigenvalue weighted by molar-refractivity contribution is -0.172. The van der Waals surface area contributed by atoms with Crippen molar-refractivity contribution < 1.29 is 19.0 Å². The van der Waals surface area contributed by atoms with Gasteiger partial charge in [0.05, 0.1) is 22.7 Å². The molecular formula is C26H29FN2O4. The summed E-state index contributed by atoms with van der Waals surface area (Å²) in [5.74, 6) is -1.01. The zero-order chi connectivity index (χ0) is 23.7. The first kappa shape index (κ1) is 22.0. The van der Waals surface area contributed by atoms with Gasteiger partial charge in [-0.3, -0.25) is 9.79 Å². The van der Waals surface area contributed by atoms with Crippen LogP contribution in [0.4, 0.5) is 10.1 Å². The smallest absolute Gasteiger partial charge is 0.343 e. The van der Waals surface area contributed by atoms with E-state index in [2.05, 4.69) is 6.92 Å². The quantitative estimate of drug-likeness (QED) is 0.712. The second-order valence-corrected chi connectivity index (χ2v) is 9.77. The van der Waals surface area contributed by atoms with Gasteiger partial charge in [0.2, 0.25) is 0 Å². The highest BCUT2D eigenvalue weighted by molar-refractivity contribution is 6.04. The van der Waals surface area contributed by atoms with Gasteiger partial charge in [0, 0.05) is 30.0 Å². The van der Waals surface area contributed by atoms with E-state index in [1.54, 1.807) is 17.6 Å². The first-order chi connectivity index (χ1) is 15.6. The maximum atomic E-state index is 14.8. The third kappa shape index (κ3) is 2.98. The number of aromatic nitrogens is 1. The fourth-order valence-corrected chi connectivity index (χ4v) is 5.97. The molecule has 174 valence electrons. The number of pyridine rings is 1. The molecule has 7 heteroatoms. The average molecular weight is 453 g/mol. The van der Waals surface area contributed by atoms with Gasteiger partial charge in [-0.25, -0.2) is 9.18 Å². The Kier molecular flexibility index (Phi) is 4.90. The Morgan fingerprint density at radius 2 is 2.00 bits per heavy atom. The number of aliphatic imine (C=N–C) groups is 1. The Hall–Kier alpha value is -2.80. The van der Waals surface area contributed by atoms with E-state index < -0.39 is 11.6 Å². The first-order valence-electron chi connectivity index (χ1n) is 11.7. The van der Waals surface area contributed by atoms with Gasteiger partial charge in [0.15, 0.2) is 5.60 Å². The van der Waals surface area contributed by atoms with E-state index in [1.165, 1.54) is 6.07 Å². The highest BCUT2D eigenvalue weighted by Crippen LogP contribution is 2.50. The summed E-state index contributed by atoms with van der Waals surface area (Å²) in [4.78, 5) is 30.7. The van der Waals surface area contributed by atoms with Crippen molar-refractivity contribution in [1.29, 1.82) is 0 Å². The van der Waals surface area contributed by atoms with Crippen LogP contribution in [0.3, 0.4) is 0 Å². The van der Waals surface area contributed by atoms with Crippen molar-refractivity contribution in [3.63, 3.8) is 0 Å². The van der Waals surface area contributed by atoms with Crippen LogP contribution in [-0.4, -0.2) is 21.4 Å². The van der Waals surface area contributed by atoms with E-state index in [9.17, 15) is 19.1 Å². The number of cyclic esters (lactones) is 1. The summed E-state index contributed by atoms with van der Waals surface area (Å²) in [6.45, 7) is 7.82. The molecule has 0 bridgehead atoms. The number of nitrogens with zero attached hydrogens (tertiary/aromatic N) is 2. The minimum atomic E-state index is -1.87. The summed E-state index contributed by atoms with van der Waals surface area (Å²) in [6, 6.07) is 3.23. The molecule has 1 aromatic heterocycles. The Bertz CT molecular complexity index is 1290. The van der Waals surface area contributed by atoms with E-state index in [4.69, 9.17) is 9.73 Å². The molecule has 0 amide bonds. The number of halogens is 1. The number of carbonyl (C=O) groups is 1. The van der Waals surface area contributed by atoms with Crippen LogP contribution in [0, 0.1) is 12.7 Å². The van der Waals surface area contributed by atoms with E-state index >= 15 is 0 Å². The van der Waals surface area contributed by atoms with Crippen molar-refractivity contribution in [2.45, 2.75) is 84.0 Å². The first-order valence-corrected chi connectivity index (χ1v) is 11.7. The molecule has 0 saturated heterocycles. The Morgan fingerprint density at radius 1 is 1.24 bits per heavy atom. The molecule has 2 atom stereocenters. The molecule has 33 heavy (non-hydrogen) atoms. The maximum absolute atomic E-state index is 14.8. The van der Waals surface area contributed by atoms with Crippen molar-refractivity contribution >= 4 is 17.4 Å². The molecule has 3 aliphatic rings. The van der Waals surface area contributed by atoms with Crippen LogP contribution >= 0.6 is 0 Å². The topological polar surface area (TPSA) is 80.9 Å². The average Bonchev–Trinajstić information content (AvgIpc) is 2.79. The number of carbonyl (C=O) groups excluding carboxylic acids is 1. The highest BCUT2D eigenvalue weighted by Gasteiger charge is 2.46. The normalized spacial score (nSPS) is 25.8. The van der Waals surface area contributed by atoms with Gasteiger partial charge in [-0.05, 0) is 62.3 Å². The third-order valence-electron chi connectivity index (χ3n) is 7.86. The summed E-state index contributed by atoms with van der Waals surface area (Å²) in [5.41, 5.74) is 2.97. The SMILES string of the molecule is CCn1c(C2=Nc3cc(F)c(C)c4c3C(C)(CCC4)C2)cc2c(c1=O)COC(=O)[C@]2(O)CC. The highest BCUT2D eigenvalue weighted by atomic mass is 19.1. The number of benzene rings is 1. The Morgan fingerprint density at radius 3 is 2.70 bits per heavy atom. The summed E-state index contributed by atoms with van der Waals surface area (Å²) in [7, 11) is 0. The molecule has 2 aliphatic heterocycles. The standard InChI is InChI=1S/C26H29FN2O4/c1-5-26(32)17-10-21(29(6-2)23(30)16(17)13-33-24(26)31)20-12-25(4)9-7-8-15-14(3)18(27)11-19(28-20)22(15)25/h10-11,32H,5-9,12-13H2,1-4H3/t25?,26-/m0/s1. The van der Waals surface area contributed by atoms with Crippen LogP contribution in [0.2, 0.25) is 0 Å². The Labute approximate surface area is 192 Å². The summed E-state index contributed by atoms with van der Waals surface area (Å²) in [6.07, 6.45) is 3.45. The lowest BCUT2D eigenvalue weighted by Gasteiger charge is -2.41. The van der Waals surface area contributed by atoms with Crippen molar-refractivity contribution in [3.8, 4) is 0 Å².